The molecule has 2 aromatic rings. The van der Waals surface area contributed by atoms with E-state index in [1.165, 1.54) is 6.33 Å². The van der Waals surface area contributed by atoms with Crippen molar-refractivity contribution in [3.05, 3.63) is 48.0 Å². The van der Waals surface area contributed by atoms with E-state index in [1.54, 1.807) is 0 Å². The van der Waals surface area contributed by atoms with Gasteiger partial charge in [-0.05, 0) is 5.56 Å². The number of nitrogens with zero attached hydrogens (tertiary/aromatic N) is 2. The number of H-pyrrole nitrogens is 1. The van der Waals surface area contributed by atoms with Gasteiger partial charge in [0.15, 0.2) is 0 Å². The number of aryl methyl sites for hydroxylation is 1. The van der Waals surface area contributed by atoms with Crippen LogP contribution in [0, 0.1) is 0 Å². The molecule has 3 N–H and O–H groups in total. The second kappa shape index (κ2) is 6.65. The summed E-state index contributed by atoms with van der Waals surface area (Å²) in [6.07, 6.45) is 2.21. The molecule has 2 rings (SSSR count). The van der Waals surface area contributed by atoms with Crippen molar-refractivity contribution in [1.29, 1.82) is 0 Å². The van der Waals surface area contributed by atoms with Gasteiger partial charge in [0.1, 0.15) is 12.2 Å². The highest BCUT2D eigenvalue weighted by Gasteiger charge is 2.13. The molecule has 0 spiro atoms. The fourth-order valence-corrected chi connectivity index (χ4v) is 1.77. The summed E-state index contributed by atoms with van der Waals surface area (Å²) in [6, 6.07) is 9.01. The number of aromatic nitrogens is 3. The van der Waals surface area contributed by atoms with E-state index in [1.807, 2.05) is 30.3 Å². The van der Waals surface area contributed by atoms with Crippen LogP contribution in [0.4, 0.5) is 0 Å². The van der Waals surface area contributed by atoms with Gasteiger partial charge < -0.3 is 10.4 Å². The topological polar surface area (TPSA) is 90.9 Å². The number of carbonyl (C=O) groups excluding carboxylic acids is 1. The van der Waals surface area contributed by atoms with E-state index >= 15 is 0 Å². The average Bonchev–Trinajstić information content (AvgIpc) is 2.97. The molecular formula is C13H16N4O2. The molecule has 0 unspecified atom stereocenters. The Bertz CT molecular complexity index is 499. The Morgan fingerprint density at radius 2 is 2.16 bits per heavy atom. The first-order valence-electron chi connectivity index (χ1n) is 6.09. The minimum Gasteiger partial charge on any atom is -0.394 e. The first-order valence-corrected chi connectivity index (χ1v) is 6.09. The molecule has 0 fully saturated rings. The van der Waals surface area contributed by atoms with Crippen LogP contribution in [0.3, 0.4) is 0 Å². The van der Waals surface area contributed by atoms with Gasteiger partial charge in [-0.25, -0.2) is 4.98 Å². The molecule has 1 heterocycles. The second-order valence-electron chi connectivity index (χ2n) is 4.15. The Morgan fingerprint density at radius 3 is 2.79 bits per heavy atom. The lowest BCUT2D eigenvalue weighted by molar-refractivity contribution is -0.122. The van der Waals surface area contributed by atoms with Crippen molar-refractivity contribution in [3.8, 4) is 0 Å². The van der Waals surface area contributed by atoms with Crippen molar-refractivity contribution < 1.29 is 9.90 Å². The lowest BCUT2D eigenvalue weighted by Crippen LogP contribution is -2.30. The smallest absolute Gasteiger partial charge is 0.221 e. The molecular weight excluding hydrogens is 244 g/mol. The van der Waals surface area contributed by atoms with Gasteiger partial charge in [0.25, 0.3) is 0 Å². The normalized spacial score (nSPS) is 12.1. The second-order valence-corrected chi connectivity index (χ2v) is 4.15. The predicted molar refractivity (Wildman–Crippen MR) is 69.1 cm³/mol. The van der Waals surface area contributed by atoms with Gasteiger partial charge >= 0.3 is 0 Å². The van der Waals surface area contributed by atoms with E-state index in [4.69, 9.17) is 0 Å². The zero-order valence-electron chi connectivity index (χ0n) is 10.4. The summed E-state index contributed by atoms with van der Waals surface area (Å²) >= 11 is 0. The SMILES string of the molecule is O=C(CCc1ncn[nH]1)N[C@H](CO)c1ccccc1. The monoisotopic (exact) mass is 260 g/mol. The molecule has 0 aliphatic heterocycles. The zero-order valence-corrected chi connectivity index (χ0v) is 10.4. The van der Waals surface area contributed by atoms with Crippen LogP contribution in [0.5, 0.6) is 0 Å². The lowest BCUT2D eigenvalue weighted by Gasteiger charge is -2.16. The Morgan fingerprint density at radius 1 is 1.37 bits per heavy atom. The molecule has 1 aromatic carbocycles. The molecule has 0 aliphatic carbocycles. The molecule has 6 nitrogen and oxygen atoms in total. The number of rotatable bonds is 6. The Balaban J connectivity index is 1.86. The Labute approximate surface area is 110 Å². The molecule has 19 heavy (non-hydrogen) atoms. The minimum atomic E-state index is -0.372. The van der Waals surface area contributed by atoms with Crippen LogP contribution in [-0.4, -0.2) is 32.8 Å². The van der Waals surface area contributed by atoms with Gasteiger partial charge in [0, 0.05) is 12.8 Å². The van der Waals surface area contributed by atoms with Gasteiger partial charge in [0.2, 0.25) is 5.91 Å². The summed E-state index contributed by atoms with van der Waals surface area (Å²) in [5.41, 5.74) is 0.887. The molecule has 100 valence electrons. The summed E-state index contributed by atoms with van der Waals surface area (Å²) in [6.45, 7) is -0.127. The number of aliphatic hydroxyl groups is 1. The van der Waals surface area contributed by atoms with Crippen LogP contribution in [-0.2, 0) is 11.2 Å². The van der Waals surface area contributed by atoms with Gasteiger partial charge in [-0.1, -0.05) is 30.3 Å². The fourth-order valence-electron chi connectivity index (χ4n) is 1.77. The maximum Gasteiger partial charge on any atom is 0.221 e. The zero-order chi connectivity index (χ0) is 13.5. The predicted octanol–water partition coefficient (Wildman–Crippen LogP) is 0.587. The summed E-state index contributed by atoms with van der Waals surface area (Å²) in [4.78, 5) is 15.7. The summed E-state index contributed by atoms with van der Waals surface area (Å²) in [5.74, 6) is 0.551. The number of benzene rings is 1. The number of amides is 1. The van der Waals surface area contributed by atoms with E-state index in [9.17, 15) is 9.90 Å². The van der Waals surface area contributed by atoms with Gasteiger partial charge in [-0.2, -0.15) is 5.10 Å². The van der Waals surface area contributed by atoms with E-state index in [0.717, 1.165) is 5.56 Å². The van der Waals surface area contributed by atoms with Crippen molar-refractivity contribution in [2.75, 3.05) is 6.61 Å². The van der Waals surface area contributed by atoms with Crippen molar-refractivity contribution in [1.82, 2.24) is 20.5 Å². The largest absolute Gasteiger partial charge is 0.394 e. The third-order valence-corrected chi connectivity index (χ3v) is 2.77. The van der Waals surface area contributed by atoms with Crippen LogP contribution in [0.25, 0.3) is 0 Å². The summed E-state index contributed by atoms with van der Waals surface area (Å²) in [5, 5.41) is 18.5. The quantitative estimate of drug-likeness (QED) is 0.709. The molecule has 0 aliphatic rings. The van der Waals surface area contributed by atoms with Crippen LogP contribution in [0.1, 0.15) is 23.9 Å². The van der Waals surface area contributed by atoms with Crippen LogP contribution in [0.15, 0.2) is 36.7 Å². The number of hydrogen-bond acceptors (Lipinski definition) is 4. The summed E-state index contributed by atoms with van der Waals surface area (Å²) < 4.78 is 0. The molecule has 1 aromatic heterocycles. The number of carbonyl (C=O) groups is 1. The highest BCUT2D eigenvalue weighted by Crippen LogP contribution is 2.11. The fraction of sp³-hybridized carbons (Fsp3) is 0.308. The van der Waals surface area contributed by atoms with Crippen molar-refractivity contribution in [2.45, 2.75) is 18.9 Å². The van der Waals surface area contributed by atoms with E-state index in [2.05, 4.69) is 20.5 Å². The highest BCUT2D eigenvalue weighted by atomic mass is 16.3. The maximum absolute atomic E-state index is 11.8. The first-order chi connectivity index (χ1) is 9.29. The van der Waals surface area contributed by atoms with Gasteiger partial charge in [0.05, 0.1) is 12.6 Å². The van der Waals surface area contributed by atoms with Gasteiger partial charge in [-0.3, -0.25) is 9.89 Å². The molecule has 1 atom stereocenters. The number of nitrogens with one attached hydrogen (secondary N) is 2. The maximum atomic E-state index is 11.8. The van der Waals surface area contributed by atoms with Crippen molar-refractivity contribution >= 4 is 5.91 Å². The Kier molecular flexibility index (Phi) is 4.63. The van der Waals surface area contributed by atoms with Crippen LogP contribution >= 0.6 is 0 Å². The van der Waals surface area contributed by atoms with Crippen molar-refractivity contribution in [2.24, 2.45) is 0 Å². The standard InChI is InChI=1S/C13H16N4O2/c18-8-11(10-4-2-1-3-5-10)16-13(19)7-6-12-14-9-15-17-12/h1-5,9,11,18H,6-8H2,(H,16,19)(H,14,15,17)/t11-/m1/s1. The lowest BCUT2D eigenvalue weighted by atomic mass is 10.1. The number of aliphatic hydroxyl groups excluding tert-OH is 1. The minimum absolute atomic E-state index is 0.126. The van der Waals surface area contributed by atoms with E-state index in [-0.39, 0.29) is 18.6 Å². The highest BCUT2D eigenvalue weighted by molar-refractivity contribution is 5.76. The summed E-state index contributed by atoms with van der Waals surface area (Å²) in [7, 11) is 0. The van der Waals surface area contributed by atoms with E-state index in [0.29, 0.717) is 18.7 Å². The number of aromatic amines is 1. The van der Waals surface area contributed by atoms with Crippen LogP contribution < -0.4 is 5.32 Å². The molecule has 0 saturated heterocycles. The van der Waals surface area contributed by atoms with Gasteiger partial charge in [-0.15, -0.1) is 0 Å². The average molecular weight is 260 g/mol. The number of hydrogen-bond donors (Lipinski definition) is 3. The molecule has 1 amide bonds. The first kappa shape index (κ1) is 13.2. The molecule has 6 heteroatoms. The molecule has 0 bridgehead atoms. The van der Waals surface area contributed by atoms with Crippen molar-refractivity contribution in [3.63, 3.8) is 0 Å². The molecule has 0 radical (unpaired) electrons. The molecule has 0 saturated carbocycles. The van der Waals surface area contributed by atoms with Crippen LogP contribution in [0.2, 0.25) is 0 Å². The third kappa shape index (κ3) is 3.89. The van der Waals surface area contributed by atoms with E-state index < -0.39 is 0 Å². The third-order valence-electron chi connectivity index (χ3n) is 2.77. The Hall–Kier alpha value is -2.21.